The van der Waals surface area contributed by atoms with Crippen molar-refractivity contribution in [2.45, 2.75) is 45.7 Å². The van der Waals surface area contributed by atoms with E-state index < -0.39 is 17.8 Å². The normalized spacial score (nSPS) is 13.2. The second-order valence-electron chi connectivity index (χ2n) is 7.85. The lowest BCUT2D eigenvalue weighted by Crippen LogP contribution is -2.50. The summed E-state index contributed by atoms with van der Waals surface area (Å²) in [7, 11) is 0. The van der Waals surface area contributed by atoms with Crippen LogP contribution in [-0.4, -0.2) is 24.4 Å². The summed E-state index contributed by atoms with van der Waals surface area (Å²) in [6, 6.07) is 12.5. The van der Waals surface area contributed by atoms with Crippen LogP contribution in [0.5, 0.6) is 0 Å². The Balaban J connectivity index is 1.98. The van der Waals surface area contributed by atoms with Crippen molar-refractivity contribution in [3.63, 3.8) is 0 Å². The summed E-state index contributed by atoms with van der Waals surface area (Å²) in [5, 5.41) is 5.42. The number of hydrogen-bond donors (Lipinski definition) is 3. The maximum atomic E-state index is 13.8. The number of halogens is 1. The van der Waals surface area contributed by atoms with Gasteiger partial charge >= 0.3 is 0 Å². The number of benzene rings is 2. The molecule has 2 unspecified atom stereocenters. The van der Waals surface area contributed by atoms with Gasteiger partial charge in [0.2, 0.25) is 5.91 Å². The molecule has 2 aromatic rings. The van der Waals surface area contributed by atoms with Gasteiger partial charge in [-0.25, -0.2) is 4.39 Å². The Morgan fingerprint density at radius 1 is 0.966 bits per heavy atom. The van der Waals surface area contributed by atoms with Gasteiger partial charge < -0.3 is 16.4 Å². The Bertz CT molecular complexity index is 834. The van der Waals surface area contributed by atoms with E-state index in [4.69, 9.17) is 5.73 Å². The summed E-state index contributed by atoms with van der Waals surface area (Å²) in [5.74, 6) is -1.33. The molecule has 0 saturated heterocycles. The number of amides is 2. The molecule has 0 aliphatic rings. The van der Waals surface area contributed by atoms with Crippen LogP contribution in [0.4, 0.5) is 4.39 Å². The predicted molar refractivity (Wildman–Crippen MR) is 113 cm³/mol. The SMILES string of the molecule is CC(C)c1ccc(C(N)CNC(=O)C(NC(=O)c2ccccc2F)C(C)C)cc1. The largest absolute Gasteiger partial charge is 0.352 e. The zero-order valence-corrected chi connectivity index (χ0v) is 17.4. The standard InChI is InChI=1S/C23H30FN3O2/c1-14(2)16-9-11-17(12-10-16)20(25)13-26-23(29)21(15(3)4)27-22(28)18-7-5-6-8-19(18)24/h5-12,14-15,20-21H,13,25H2,1-4H3,(H,26,29)(H,27,28). The molecule has 2 atom stereocenters. The van der Waals surface area contributed by atoms with E-state index >= 15 is 0 Å². The molecule has 0 saturated carbocycles. The van der Waals surface area contributed by atoms with Crippen LogP contribution in [0.1, 0.15) is 61.1 Å². The molecule has 2 aromatic carbocycles. The molecule has 5 nitrogen and oxygen atoms in total. The summed E-state index contributed by atoms with van der Waals surface area (Å²) in [4.78, 5) is 25.0. The molecule has 0 aliphatic carbocycles. The number of rotatable bonds is 8. The van der Waals surface area contributed by atoms with Gasteiger partial charge in [0.15, 0.2) is 0 Å². The fourth-order valence-electron chi connectivity index (χ4n) is 2.97. The van der Waals surface area contributed by atoms with Crippen LogP contribution in [0.3, 0.4) is 0 Å². The first-order valence-electron chi connectivity index (χ1n) is 9.89. The third-order valence-corrected chi connectivity index (χ3v) is 4.88. The fraction of sp³-hybridized carbons (Fsp3) is 0.391. The molecular weight excluding hydrogens is 369 g/mol. The summed E-state index contributed by atoms with van der Waals surface area (Å²) in [6.07, 6.45) is 0. The van der Waals surface area contributed by atoms with Gasteiger partial charge in [0.1, 0.15) is 11.9 Å². The molecule has 6 heteroatoms. The highest BCUT2D eigenvalue weighted by Gasteiger charge is 2.26. The first-order valence-corrected chi connectivity index (χ1v) is 9.89. The highest BCUT2D eigenvalue weighted by molar-refractivity contribution is 5.97. The van der Waals surface area contributed by atoms with Crippen LogP contribution in [0.25, 0.3) is 0 Å². The minimum absolute atomic E-state index is 0.0899. The molecule has 4 N–H and O–H groups in total. The van der Waals surface area contributed by atoms with Crippen LogP contribution >= 0.6 is 0 Å². The Kier molecular flexibility index (Phi) is 7.91. The third-order valence-electron chi connectivity index (χ3n) is 4.88. The van der Waals surface area contributed by atoms with Gasteiger partial charge in [0.05, 0.1) is 5.56 Å². The van der Waals surface area contributed by atoms with Crippen LogP contribution < -0.4 is 16.4 Å². The van der Waals surface area contributed by atoms with Crippen molar-refractivity contribution < 1.29 is 14.0 Å². The molecule has 0 bridgehead atoms. The maximum absolute atomic E-state index is 13.8. The molecule has 2 rings (SSSR count). The lowest BCUT2D eigenvalue weighted by atomic mass is 9.99. The number of carbonyl (C=O) groups excluding carboxylic acids is 2. The van der Waals surface area contributed by atoms with Gasteiger partial charge in [0.25, 0.3) is 5.91 Å². The van der Waals surface area contributed by atoms with E-state index in [2.05, 4.69) is 24.5 Å². The zero-order chi connectivity index (χ0) is 21.6. The number of nitrogens with two attached hydrogens (primary N) is 1. The van der Waals surface area contributed by atoms with Gasteiger partial charge in [0, 0.05) is 12.6 Å². The number of hydrogen-bond acceptors (Lipinski definition) is 3. The minimum atomic E-state index is -0.794. The fourth-order valence-corrected chi connectivity index (χ4v) is 2.97. The second kappa shape index (κ2) is 10.2. The summed E-state index contributed by atoms with van der Waals surface area (Å²) >= 11 is 0. The van der Waals surface area contributed by atoms with E-state index in [0.717, 1.165) is 5.56 Å². The molecule has 0 aliphatic heterocycles. The highest BCUT2D eigenvalue weighted by Crippen LogP contribution is 2.17. The monoisotopic (exact) mass is 399 g/mol. The van der Waals surface area contributed by atoms with Crippen LogP contribution in [0.2, 0.25) is 0 Å². The smallest absolute Gasteiger partial charge is 0.254 e. The van der Waals surface area contributed by atoms with Gasteiger partial charge in [-0.3, -0.25) is 9.59 Å². The maximum Gasteiger partial charge on any atom is 0.254 e. The van der Waals surface area contributed by atoms with Crippen molar-refractivity contribution in [2.75, 3.05) is 6.54 Å². The highest BCUT2D eigenvalue weighted by atomic mass is 19.1. The van der Waals surface area contributed by atoms with E-state index in [1.807, 2.05) is 38.1 Å². The van der Waals surface area contributed by atoms with Crippen molar-refractivity contribution >= 4 is 11.8 Å². The van der Waals surface area contributed by atoms with Gasteiger partial charge in [-0.15, -0.1) is 0 Å². The van der Waals surface area contributed by atoms with Gasteiger partial charge in [-0.05, 0) is 35.1 Å². The van der Waals surface area contributed by atoms with Gasteiger partial charge in [-0.2, -0.15) is 0 Å². The number of carbonyl (C=O) groups is 2. The minimum Gasteiger partial charge on any atom is -0.352 e. The van der Waals surface area contributed by atoms with Crippen molar-refractivity contribution in [1.82, 2.24) is 10.6 Å². The summed E-state index contributed by atoms with van der Waals surface area (Å²) in [5.41, 5.74) is 8.26. The van der Waals surface area contributed by atoms with Crippen LogP contribution in [0.15, 0.2) is 48.5 Å². The Morgan fingerprint density at radius 2 is 1.55 bits per heavy atom. The second-order valence-corrected chi connectivity index (χ2v) is 7.85. The Hall–Kier alpha value is -2.73. The quantitative estimate of drug-likeness (QED) is 0.635. The van der Waals surface area contributed by atoms with Crippen molar-refractivity contribution in [3.8, 4) is 0 Å². The first-order chi connectivity index (χ1) is 13.7. The molecule has 29 heavy (non-hydrogen) atoms. The molecule has 0 spiro atoms. The zero-order valence-electron chi connectivity index (χ0n) is 17.4. The van der Waals surface area contributed by atoms with E-state index in [0.29, 0.717) is 5.92 Å². The topological polar surface area (TPSA) is 84.2 Å². The van der Waals surface area contributed by atoms with E-state index in [9.17, 15) is 14.0 Å². The van der Waals surface area contributed by atoms with Crippen molar-refractivity contribution in [2.24, 2.45) is 11.7 Å². The van der Waals surface area contributed by atoms with E-state index in [-0.39, 0.29) is 30.0 Å². The lowest BCUT2D eigenvalue weighted by Gasteiger charge is -2.23. The van der Waals surface area contributed by atoms with Crippen molar-refractivity contribution in [1.29, 1.82) is 0 Å². The number of nitrogens with one attached hydrogen (secondary N) is 2. The Labute approximate surface area is 171 Å². The Morgan fingerprint density at radius 3 is 2.10 bits per heavy atom. The summed E-state index contributed by atoms with van der Waals surface area (Å²) < 4.78 is 13.8. The van der Waals surface area contributed by atoms with E-state index in [1.165, 1.54) is 23.8 Å². The molecule has 0 radical (unpaired) electrons. The van der Waals surface area contributed by atoms with Gasteiger partial charge in [-0.1, -0.05) is 64.1 Å². The molecule has 0 heterocycles. The molecule has 0 fully saturated rings. The lowest BCUT2D eigenvalue weighted by molar-refractivity contribution is -0.124. The van der Waals surface area contributed by atoms with Crippen LogP contribution in [-0.2, 0) is 4.79 Å². The third kappa shape index (κ3) is 6.12. The van der Waals surface area contributed by atoms with Crippen LogP contribution in [0, 0.1) is 11.7 Å². The average Bonchev–Trinajstić information content (AvgIpc) is 2.69. The molecule has 2 amide bonds. The molecule has 0 aromatic heterocycles. The summed E-state index contributed by atoms with van der Waals surface area (Å²) in [6.45, 7) is 8.11. The predicted octanol–water partition coefficient (Wildman–Crippen LogP) is 3.52. The first kappa shape index (κ1) is 22.6. The van der Waals surface area contributed by atoms with E-state index in [1.54, 1.807) is 6.07 Å². The molecular formula is C23H30FN3O2. The average molecular weight is 400 g/mol. The molecule has 156 valence electrons. The van der Waals surface area contributed by atoms with Crippen molar-refractivity contribution in [3.05, 3.63) is 71.0 Å².